The summed E-state index contributed by atoms with van der Waals surface area (Å²) >= 11 is 0. The number of ether oxygens (including phenoxy) is 1. The molecule has 2 aromatic rings. The molecule has 0 unspecified atom stereocenters. The SMILES string of the molecule is Cc1ccc(C(=O)COc2cccc(N3C(=O)[C@H]4CC=CC[C@H]4C3=O)c2)cc1C. The van der Waals surface area contributed by atoms with Gasteiger partial charge in [-0.15, -0.1) is 0 Å². The molecule has 2 aliphatic rings. The van der Waals surface area contributed by atoms with Crippen molar-refractivity contribution >= 4 is 23.3 Å². The third kappa shape index (κ3) is 3.60. The number of hydrogen-bond donors (Lipinski definition) is 0. The van der Waals surface area contributed by atoms with Crippen molar-refractivity contribution < 1.29 is 19.1 Å². The molecule has 4 rings (SSSR count). The average molecular weight is 389 g/mol. The largest absolute Gasteiger partial charge is 0.485 e. The number of hydrogen-bond acceptors (Lipinski definition) is 4. The third-order valence-corrected chi connectivity index (χ3v) is 5.78. The Morgan fingerprint density at radius 2 is 1.66 bits per heavy atom. The number of benzene rings is 2. The Hall–Kier alpha value is -3.21. The second-order valence-electron chi connectivity index (χ2n) is 7.68. The van der Waals surface area contributed by atoms with Gasteiger partial charge in [-0.1, -0.05) is 30.4 Å². The van der Waals surface area contributed by atoms with Gasteiger partial charge in [0.1, 0.15) is 5.75 Å². The van der Waals surface area contributed by atoms with Crippen LogP contribution in [0, 0.1) is 25.7 Å². The number of allylic oxidation sites excluding steroid dienone is 2. The van der Waals surface area contributed by atoms with Gasteiger partial charge in [-0.3, -0.25) is 14.4 Å². The van der Waals surface area contributed by atoms with E-state index in [0.717, 1.165) is 11.1 Å². The van der Waals surface area contributed by atoms with Gasteiger partial charge in [-0.25, -0.2) is 4.90 Å². The predicted molar refractivity (Wildman–Crippen MR) is 110 cm³/mol. The molecule has 29 heavy (non-hydrogen) atoms. The summed E-state index contributed by atoms with van der Waals surface area (Å²) in [6.45, 7) is 3.86. The Labute approximate surface area is 170 Å². The molecule has 5 heteroatoms. The summed E-state index contributed by atoms with van der Waals surface area (Å²) < 4.78 is 5.67. The van der Waals surface area contributed by atoms with E-state index < -0.39 is 0 Å². The maximum atomic E-state index is 12.7. The van der Waals surface area contributed by atoms with Crippen LogP contribution in [-0.2, 0) is 9.59 Å². The van der Waals surface area contributed by atoms with Gasteiger partial charge in [0, 0.05) is 11.6 Å². The molecule has 2 aromatic carbocycles. The Kier molecular flexibility index (Phi) is 5.05. The van der Waals surface area contributed by atoms with Gasteiger partial charge in [0.2, 0.25) is 11.8 Å². The lowest BCUT2D eigenvalue weighted by atomic mass is 9.85. The molecular formula is C24H23NO4. The zero-order valence-electron chi connectivity index (χ0n) is 16.6. The zero-order chi connectivity index (χ0) is 20.5. The van der Waals surface area contributed by atoms with E-state index in [1.165, 1.54) is 4.90 Å². The topological polar surface area (TPSA) is 63.7 Å². The van der Waals surface area contributed by atoms with Crippen LogP contribution in [0.2, 0.25) is 0 Å². The molecule has 1 aliphatic carbocycles. The number of aryl methyl sites for hydroxylation is 2. The summed E-state index contributed by atoms with van der Waals surface area (Å²) in [5.41, 5.74) is 3.28. The first-order valence-electron chi connectivity index (χ1n) is 9.82. The molecule has 1 fully saturated rings. The van der Waals surface area contributed by atoms with Crippen molar-refractivity contribution in [1.82, 2.24) is 0 Å². The summed E-state index contributed by atoms with van der Waals surface area (Å²) in [4.78, 5) is 39.2. The van der Waals surface area contributed by atoms with Crippen LogP contribution in [-0.4, -0.2) is 24.2 Å². The number of Topliss-reactive ketones (excluding diaryl/α,β-unsaturated/α-hetero) is 1. The van der Waals surface area contributed by atoms with Crippen molar-refractivity contribution in [2.45, 2.75) is 26.7 Å². The first kappa shape index (κ1) is 19.1. The van der Waals surface area contributed by atoms with Crippen molar-refractivity contribution in [3.63, 3.8) is 0 Å². The Morgan fingerprint density at radius 1 is 0.966 bits per heavy atom. The summed E-state index contributed by atoms with van der Waals surface area (Å²) in [6.07, 6.45) is 5.14. The molecule has 0 saturated carbocycles. The number of imide groups is 1. The molecule has 0 spiro atoms. The number of rotatable bonds is 5. The normalized spacial score (nSPS) is 20.7. The van der Waals surface area contributed by atoms with Crippen molar-refractivity contribution in [3.8, 4) is 5.75 Å². The van der Waals surface area contributed by atoms with Gasteiger partial charge >= 0.3 is 0 Å². The van der Waals surface area contributed by atoms with Crippen LogP contribution in [0.15, 0.2) is 54.6 Å². The number of ketones is 1. The molecule has 0 aromatic heterocycles. The summed E-state index contributed by atoms with van der Waals surface area (Å²) in [5.74, 6) is -0.538. The van der Waals surface area contributed by atoms with Crippen LogP contribution in [0.25, 0.3) is 0 Å². The van der Waals surface area contributed by atoms with E-state index >= 15 is 0 Å². The highest BCUT2D eigenvalue weighted by Crippen LogP contribution is 2.38. The molecule has 2 atom stereocenters. The Bertz CT molecular complexity index is 997. The molecule has 0 bridgehead atoms. The maximum absolute atomic E-state index is 12.7. The van der Waals surface area contributed by atoms with Crippen molar-refractivity contribution in [2.75, 3.05) is 11.5 Å². The van der Waals surface area contributed by atoms with Gasteiger partial charge in [0.15, 0.2) is 12.4 Å². The van der Waals surface area contributed by atoms with E-state index in [-0.39, 0.29) is 36.0 Å². The Balaban J connectivity index is 1.48. The number of fused-ring (bicyclic) bond motifs is 1. The van der Waals surface area contributed by atoms with Crippen LogP contribution in [0.5, 0.6) is 5.75 Å². The van der Waals surface area contributed by atoms with E-state index in [9.17, 15) is 14.4 Å². The van der Waals surface area contributed by atoms with Crippen molar-refractivity contribution in [3.05, 3.63) is 71.3 Å². The van der Waals surface area contributed by atoms with Crippen LogP contribution in [0.1, 0.15) is 34.3 Å². The summed E-state index contributed by atoms with van der Waals surface area (Å²) in [5, 5.41) is 0. The van der Waals surface area contributed by atoms with Crippen molar-refractivity contribution in [2.24, 2.45) is 11.8 Å². The molecule has 5 nitrogen and oxygen atoms in total. The van der Waals surface area contributed by atoms with Gasteiger partial charge in [0.25, 0.3) is 0 Å². The molecule has 1 heterocycles. The van der Waals surface area contributed by atoms with Crippen LogP contribution >= 0.6 is 0 Å². The van der Waals surface area contributed by atoms with Crippen molar-refractivity contribution in [1.29, 1.82) is 0 Å². The highest BCUT2D eigenvalue weighted by molar-refractivity contribution is 6.22. The first-order chi connectivity index (χ1) is 14.0. The monoisotopic (exact) mass is 389 g/mol. The van der Waals surface area contributed by atoms with E-state index in [1.807, 2.05) is 38.1 Å². The fourth-order valence-electron chi connectivity index (χ4n) is 3.91. The van der Waals surface area contributed by atoms with Crippen LogP contribution < -0.4 is 9.64 Å². The van der Waals surface area contributed by atoms with E-state index in [0.29, 0.717) is 29.8 Å². The lowest BCUT2D eigenvalue weighted by molar-refractivity contribution is -0.122. The van der Waals surface area contributed by atoms with Crippen LogP contribution in [0.3, 0.4) is 0 Å². The molecule has 0 N–H and O–H groups in total. The van der Waals surface area contributed by atoms with E-state index in [4.69, 9.17) is 4.74 Å². The number of carbonyl (C=O) groups excluding carboxylic acids is 3. The Morgan fingerprint density at radius 3 is 2.31 bits per heavy atom. The minimum atomic E-state index is -0.275. The molecule has 148 valence electrons. The lowest BCUT2D eigenvalue weighted by Gasteiger charge is -2.16. The van der Waals surface area contributed by atoms with Gasteiger partial charge in [-0.05, 0) is 56.0 Å². The second kappa shape index (κ2) is 7.66. The number of carbonyl (C=O) groups is 3. The average Bonchev–Trinajstić information content (AvgIpc) is 2.99. The smallest absolute Gasteiger partial charge is 0.238 e. The molecule has 1 aliphatic heterocycles. The highest BCUT2D eigenvalue weighted by atomic mass is 16.5. The maximum Gasteiger partial charge on any atom is 0.238 e. The van der Waals surface area contributed by atoms with E-state index in [1.54, 1.807) is 30.3 Å². The number of amides is 2. The van der Waals surface area contributed by atoms with Gasteiger partial charge in [0.05, 0.1) is 17.5 Å². The minimum absolute atomic E-state index is 0.108. The fourth-order valence-corrected chi connectivity index (χ4v) is 3.91. The molecule has 2 amide bonds. The first-order valence-corrected chi connectivity index (χ1v) is 9.82. The highest BCUT2D eigenvalue weighted by Gasteiger charge is 2.47. The zero-order valence-corrected chi connectivity index (χ0v) is 16.6. The summed E-state index contributed by atoms with van der Waals surface area (Å²) in [6, 6.07) is 12.4. The van der Waals surface area contributed by atoms with Crippen LogP contribution in [0.4, 0.5) is 5.69 Å². The summed E-state index contributed by atoms with van der Waals surface area (Å²) in [7, 11) is 0. The third-order valence-electron chi connectivity index (χ3n) is 5.78. The second-order valence-corrected chi connectivity index (χ2v) is 7.68. The predicted octanol–water partition coefficient (Wildman–Crippen LogP) is 4.02. The molecular weight excluding hydrogens is 366 g/mol. The standard InChI is InChI=1S/C24H23NO4/c1-15-10-11-17(12-16(15)2)22(26)14-29-19-7-5-6-18(13-19)25-23(27)20-8-3-4-9-21(20)24(25)28/h3-7,10-13,20-21H,8-9,14H2,1-2H3/t20-,21+. The minimum Gasteiger partial charge on any atom is -0.485 e. The number of nitrogens with zero attached hydrogens (tertiary/aromatic N) is 1. The number of anilines is 1. The molecule has 0 radical (unpaired) electrons. The molecule has 1 saturated heterocycles. The van der Waals surface area contributed by atoms with E-state index in [2.05, 4.69) is 0 Å². The van der Waals surface area contributed by atoms with Gasteiger partial charge in [-0.2, -0.15) is 0 Å². The van der Waals surface area contributed by atoms with Gasteiger partial charge < -0.3 is 4.74 Å². The fraction of sp³-hybridized carbons (Fsp3) is 0.292. The lowest BCUT2D eigenvalue weighted by Crippen LogP contribution is -2.30. The quantitative estimate of drug-likeness (QED) is 0.440.